The summed E-state index contributed by atoms with van der Waals surface area (Å²) in [5.41, 5.74) is 0.878. The Morgan fingerprint density at radius 1 is 1.26 bits per heavy atom. The Labute approximate surface area is 115 Å². The van der Waals surface area contributed by atoms with Gasteiger partial charge in [0.2, 0.25) is 0 Å². The molecule has 0 saturated carbocycles. The summed E-state index contributed by atoms with van der Waals surface area (Å²) in [5.74, 6) is 2.97. The van der Waals surface area contributed by atoms with Crippen molar-refractivity contribution in [2.45, 2.75) is 37.5 Å². The van der Waals surface area contributed by atoms with Crippen LogP contribution >= 0.6 is 0 Å². The lowest BCUT2D eigenvalue weighted by molar-refractivity contribution is -0.125. The summed E-state index contributed by atoms with van der Waals surface area (Å²) in [4.78, 5) is 12.7. The summed E-state index contributed by atoms with van der Waals surface area (Å²) in [6.07, 6.45) is 9.14. The first-order valence-corrected chi connectivity index (χ1v) is 7.02. The van der Waals surface area contributed by atoms with Gasteiger partial charge in [-0.2, -0.15) is 0 Å². The lowest BCUT2D eigenvalue weighted by Gasteiger charge is -2.37. The van der Waals surface area contributed by atoms with Crippen molar-refractivity contribution in [2.24, 2.45) is 0 Å². The van der Waals surface area contributed by atoms with Crippen LogP contribution in [0.15, 0.2) is 30.3 Å². The van der Waals surface area contributed by atoms with Crippen LogP contribution < -0.4 is 5.32 Å². The van der Waals surface area contributed by atoms with E-state index in [2.05, 4.69) is 23.4 Å². The second-order valence-electron chi connectivity index (χ2n) is 5.18. The van der Waals surface area contributed by atoms with Gasteiger partial charge in [-0.3, -0.25) is 4.79 Å². The van der Waals surface area contributed by atoms with Gasteiger partial charge in [0.25, 0.3) is 0 Å². The summed E-state index contributed by atoms with van der Waals surface area (Å²) in [6.45, 7) is 1.82. The zero-order valence-electron chi connectivity index (χ0n) is 11.3. The molecular weight excluding hydrogens is 234 g/mol. The maximum atomic E-state index is 12.7. The zero-order valence-corrected chi connectivity index (χ0v) is 11.3. The third-order valence-corrected chi connectivity index (χ3v) is 4.04. The Morgan fingerprint density at radius 3 is 2.58 bits per heavy atom. The van der Waals surface area contributed by atoms with Gasteiger partial charge >= 0.3 is 0 Å². The molecule has 1 aromatic carbocycles. The molecule has 1 aliphatic rings. The van der Waals surface area contributed by atoms with Crippen LogP contribution in [0.4, 0.5) is 0 Å². The fourth-order valence-electron chi connectivity index (χ4n) is 2.93. The van der Waals surface area contributed by atoms with E-state index in [1.807, 2.05) is 18.2 Å². The molecule has 19 heavy (non-hydrogen) atoms. The summed E-state index contributed by atoms with van der Waals surface area (Å²) in [6, 6.07) is 10.2. The third kappa shape index (κ3) is 3.05. The highest BCUT2D eigenvalue weighted by molar-refractivity contribution is 5.90. The van der Waals surface area contributed by atoms with Crippen molar-refractivity contribution in [3.63, 3.8) is 0 Å². The molecule has 1 N–H and O–H groups in total. The Bertz CT molecular complexity index is 452. The average molecular weight is 255 g/mol. The van der Waals surface area contributed by atoms with Crippen LogP contribution in [0.25, 0.3) is 0 Å². The summed E-state index contributed by atoms with van der Waals surface area (Å²) < 4.78 is 0. The zero-order chi connectivity index (χ0) is 13.6. The van der Waals surface area contributed by atoms with Crippen LogP contribution in [0.3, 0.4) is 0 Å². The number of Topliss-reactive ketones (excluding diaryl/α,β-unsaturated/α-hetero) is 1. The molecular formula is C17H21NO. The van der Waals surface area contributed by atoms with E-state index in [9.17, 15) is 4.79 Å². The molecule has 100 valence electrons. The quantitative estimate of drug-likeness (QED) is 0.647. The lowest BCUT2D eigenvalue weighted by Crippen LogP contribution is -2.45. The van der Waals surface area contributed by atoms with Gasteiger partial charge in [0, 0.05) is 12.8 Å². The van der Waals surface area contributed by atoms with Crippen molar-refractivity contribution in [1.29, 1.82) is 0 Å². The molecule has 0 spiro atoms. The molecule has 1 aliphatic heterocycles. The van der Waals surface area contributed by atoms with Gasteiger partial charge < -0.3 is 5.32 Å². The maximum absolute atomic E-state index is 12.7. The highest BCUT2D eigenvalue weighted by Crippen LogP contribution is 2.35. The standard InChI is InChI=1S/C17H21NO/c1-2-3-5-10-16(19)17(11-13-18-14-12-17)15-8-6-4-7-9-15/h1,4,6-9,18H,3,5,10-14H2. The number of piperidine rings is 1. The Balaban J connectivity index is 2.20. The van der Waals surface area contributed by atoms with E-state index in [1.54, 1.807) is 0 Å². The molecule has 2 nitrogen and oxygen atoms in total. The largest absolute Gasteiger partial charge is 0.317 e. The lowest BCUT2D eigenvalue weighted by atomic mass is 9.69. The predicted octanol–water partition coefficient (Wildman–Crippen LogP) is 2.68. The molecule has 0 unspecified atom stereocenters. The molecule has 2 heteroatoms. The van der Waals surface area contributed by atoms with E-state index in [0.717, 1.165) is 32.4 Å². The van der Waals surface area contributed by atoms with Crippen LogP contribution in [-0.4, -0.2) is 18.9 Å². The van der Waals surface area contributed by atoms with Gasteiger partial charge in [0.1, 0.15) is 5.78 Å². The maximum Gasteiger partial charge on any atom is 0.143 e. The van der Waals surface area contributed by atoms with Crippen LogP contribution in [0.5, 0.6) is 0 Å². The van der Waals surface area contributed by atoms with Crippen molar-refractivity contribution >= 4 is 5.78 Å². The number of rotatable bonds is 5. The van der Waals surface area contributed by atoms with Crippen LogP contribution in [0.2, 0.25) is 0 Å². The van der Waals surface area contributed by atoms with E-state index in [1.165, 1.54) is 5.56 Å². The Kier molecular flexibility index (Phi) is 4.76. The van der Waals surface area contributed by atoms with Crippen LogP contribution in [0.1, 0.15) is 37.7 Å². The number of hydrogen-bond acceptors (Lipinski definition) is 2. The van der Waals surface area contributed by atoms with Gasteiger partial charge in [-0.05, 0) is 37.9 Å². The number of ketones is 1. The van der Waals surface area contributed by atoms with Gasteiger partial charge in [0.05, 0.1) is 5.41 Å². The first-order valence-electron chi connectivity index (χ1n) is 7.02. The number of terminal acetylenes is 1. The Hall–Kier alpha value is -1.59. The summed E-state index contributed by atoms with van der Waals surface area (Å²) in [5, 5.41) is 3.35. The van der Waals surface area contributed by atoms with Crippen molar-refractivity contribution in [3.8, 4) is 12.3 Å². The van der Waals surface area contributed by atoms with E-state index < -0.39 is 0 Å². The third-order valence-electron chi connectivity index (χ3n) is 4.04. The first-order chi connectivity index (χ1) is 9.29. The molecule has 0 radical (unpaired) electrons. The fraction of sp³-hybridized carbons (Fsp3) is 0.471. The second-order valence-corrected chi connectivity index (χ2v) is 5.18. The topological polar surface area (TPSA) is 29.1 Å². The SMILES string of the molecule is C#CCCCC(=O)C1(c2ccccc2)CCNCC1. The van der Waals surface area contributed by atoms with Crippen molar-refractivity contribution in [3.05, 3.63) is 35.9 Å². The molecule has 0 aliphatic carbocycles. The van der Waals surface area contributed by atoms with Crippen LogP contribution in [-0.2, 0) is 10.2 Å². The van der Waals surface area contributed by atoms with Crippen molar-refractivity contribution in [1.82, 2.24) is 5.32 Å². The van der Waals surface area contributed by atoms with Crippen molar-refractivity contribution < 1.29 is 4.79 Å². The summed E-state index contributed by atoms with van der Waals surface area (Å²) >= 11 is 0. The highest BCUT2D eigenvalue weighted by atomic mass is 16.1. The molecule has 0 amide bonds. The molecule has 1 fully saturated rings. The normalized spacial score (nSPS) is 17.6. The van der Waals surface area contributed by atoms with Crippen molar-refractivity contribution in [2.75, 3.05) is 13.1 Å². The molecule has 0 atom stereocenters. The monoisotopic (exact) mass is 255 g/mol. The van der Waals surface area contributed by atoms with Gasteiger partial charge in [0.15, 0.2) is 0 Å². The number of nitrogens with one attached hydrogen (secondary N) is 1. The van der Waals surface area contributed by atoms with E-state index >= 15 is 0 Å². The van der Waals surface area contributed by atoms with Crippen LogP contribution in [0, 0.1) is 12.3 Å². The smallest absolute Gasteiger partial charge is 0.143 e. The number of unbranched alkanes of at least 4 members (excludes halogenated alkanes) is 1. The highest BCUT2D eigenvalue weighted by Gasteiger charge is 2.39. The minimum Gasteiger partial charge on any atom is -0.317 e. The molecule has 1 heterocycles. The minimum atomic E-state index is -0.291. The van der Waals surface area contributed by atoms with E-state index in [-0.39, 0.29) is 5.41 Å². The van der Waals surface area contributed by atoms with Gasteiger partial charge in [-0.25, -0.2) is 0 Å². The summed E-state index contributed by atoms with van der Waals surface area (Å²) in [7, 11) is 0. The minimum absolute atomic E-state index is 0.291. The number of carbonyl (C=O) groups excluding carboxylic acids is 1. The fourth-order valence-corrected chi connectivity index (χ4v) is 2.93. The molecule has 1 saturated heterocycles. The molecule has 2 rings (SSSR count). The average Bonchev–Trinajstić information content (AvgIpc) is 2.49. The molecule has 0 bridgehead atoms. The second kappa shape index (κ2) is 6.54. The number of benzene rings is 1. The predicted molar refractivity (Wildman–Crippen MR) is 77.9 cm³/mol. The first kappa shape index (κ1) is 13.8. The van der Waals surface area contributed by atoms with Gasteiger partial charge in [-0.15, -0.1) is 12.3 Å². The Morgan fingerprint density at radius 2 is 1.95 bits per heavy atom. The number of hydrogen-bond donors (Lipinski definition) is 1. The van der Waals surface area contributed by atoms with E-state index in [0.29, 0.717) is 18.6 Å². The van der Waals surface area contributed by atoms with E-state index in [4.69, 9.17) is 6.42 Å². The molecule has 1 aromatic rings. The molecule has 0 aromatic heterocycles. The number of carbonyl (C=O) groups is 1. The van der Waals surface area contributed by atoms with Gasteiger partial charge in [-0.1, -0.05) is 30.3 Å².